The molecule has 1 aliphatic heterocycles. The predicted molar refractivity (Wildman–Crippen MR) is 108 cm³/mol. The summed E-state index contributed by atoms with van der Waals surface area (Å²) in [6.07, 6.45) is 16.8. The zero-order chi connectivity index (χ0) is 18.3. The number of thiol groups is 2. The minimum absolute atomic E-state index is 0.0173. The highest BCUT2D eigenvalue weighted by Crippen LogP contribution is 2.57. The minimum Gasteiger partial charge on any atom is -0.294 e. The average Bonchev–Trinajstić information content (AvgIpc) is 2.74. The fourth-order valence-electron chi connectivity index (χ4n) is 4.68. The van der Waals surface area contributed by atoms with E-state index in [0.717, 1.165) is 12.8 Å². The van der Waals surface area contributed by atoms with Crippen LogP contribution in [0.25, 0.3) is 0 Å². The zero-order valence-corrected chi connectivity index (χ0v) is 16.5. The third-order valence-corrected chi connectivity index (χ3v) is 7.33. The van der Waals surface area contributed by atoms with Crippen LogP contribution in [0.15, 0.2) is 48.6 Å². The number of carbonyl (C=O) groups excluding carboxylic acids is 2. The number of allylic oxidation sites excluding steroid dienone is 6. The second-order valence-corrected chi connectivity index (χ2v) is 8.75. The molecule has 0 radical (unpaired) electrons. The Morgan fingerprint density at radius 3 is 1.96 bits per heavy atom. The van der Waals surface area contributed by atoms with Crippen molar-refractivity contribution in [2.45, 2.75) is 43.9 Å². The standard InChI is InChI=1S/C20H25NO2S2/c1-18(11-5-3-7-16(18)22)20(13-9-15(24)10-14-21(20)25)19(2)12-6-4-8-17(19)23/h3-8,11-12,15,24-25H,9-10,13-14H2,1-2H3. The van der Waals surface area contributed by atoms with E-state index in [1.54, 1.807) is 24.3 Å². The first-order valence-electron chi connectivity index (χ1n) is 8.73. The Morgan fingerprint density at radius 2 is 1.48 bits per heavy atom. The SMILES string of the molecule is CC1(C2(C3(C)C=CC=CC3=O)CCC(S)CCN2S)C=CC=CC1=O. The Hall–Kier alpha value is -1.04. The molecular weight excluding hydrogens is 350 g/mol. The molecule has 0 amide bonds. The van der Waals surface area contributed by atoms with Crippen molar-refractivity contribution in [3.8, 4) is 0 Å². The summed E-state index contributed by atoms with van der Waals surface area (Å²) in [5.41, 5.74) is -2.46. The van der Waals surface area contributed by atoms with Crippen LogP contribution >= 0.6 is 25.4 Å². The van der Waals surface area contributed by atoms with Crippen LogP contribution in [0.5, 0.6) is 0 Å². The van der Waals surface area contributed by atoms with Crippen molar-refractivity contribution in [2.24, 2.45) is 10.8 Å². The highest BCUT2D eigenvalue weighted by atomic mass is 32.1. The number of nitrogens with zero attached hydrogens (tertiary/aromatic N) is 1. The molecule has 0 spiro atoms. The van der Waals surface area contributed by atoms with Crippen molar-refractivity contribution in [1.82, 2.24) is 4.31 Å². The van der Waals surface area contributed by atoms with Crippen molar-refractivity contribution in [3.63, 3.8) is 0 Å². The Morgan fingerprint density at radius 1 is 0.960 bits per heavy atom. The van der Waals surface area contributed by atoms with Gasteiger partial charge in [0.1, 0.15) is 0 Å². The Labute approximate surface area is 160 Å². The zero-order valence-electron chi connectivity index (χ0n) is 14.7. The van der Waals surface area contributed by atoms with Gasteiger partial charge >= 0.3 is 0 Å². The van der Waals surface area contributed by atoms with Gasteiger partial charge in [0.2, 0.25) is 0 Å². The molecule has 1 fully saturated rings. The molecule has 0 N–H and O–H groups in total. The van der Waals surface area contributed by atoms with Gasteiger partial charge in [-0.3, -0.25) is 9.59 Å². The molecule has 3 nitrogen and oxygen atoms in total. The summed E-state index contributed by atoms with van der Waals surface area (Å²) in [6.45, 7) is 4.57. The summed E-state index contributed by atoms with van der Waals surface area (Å²) >= 11 is 9.52. The van der Waals surface area contributed by atoms with Gasteiger partial charge in [0.25, 0.3) is 0 Å². The van der Waals surface area contributed by atoms with Crippen molar-refractivity contribution in [3.05, 3.63) is 48.6 Å². The summed E-state index contributed by atoms with van der Waals surface area (Å²) in [5, 5.41) is 0.236. The lowest BCUT2D eigenvalue weighted by Gasteiger charge is -2.58. The monoisotopic (exact) mass is 375 g/mol. The van der Waals surface area contributed by atoms with E-state index in [9.17, 15) is 9.59 Å². The lowest BCUT2D eigenvalue weighted by atomic mass is 9.51. The average molecular weight is 376 g/mol. The second-order valence-electron chi connectivity index (χ2n) is 7.53. The first-order valence-corrected chi connectivity index (χ1v) is 9.65. The summed E-state index contributed by atoms with van der Waals surface area (Å²) < 4.78 is 1.95. The van der Waals surface area contributed by atoms with Crippen LogP contribution in [0.1, 0.15) is 33.1 Å². The van der Waals surface area contributed by atoms with Crippen molar-refractivity contribution >= 4 is 37.0 Å². The molecule has 0 aromatic rings. The quantitative estimate of drug-likeness (QED) is 0.722. The van der Waals surface area contributed by atoms with Crippen molar-refractivity contribution in [1.29, 1.82) is 0 Å². The number of rotatable bonds is 2. The fraction of sp³-hybridized carbons (Fsp3) is 0.500. The van der Waals surface area contributed by atoms with Gasteiger partial charge in [0.05, 0.1) is 16.4 Å². The molecule has 0 saturated carbocycles. The molecule has 25 heavy (non-hydrogen) atoms. The van der Waals surface area contributed by atoms with Crippen LogP contribution in [0.2, 0.25) is 0 Å². The van der Waals surface area contributed by atoms with E-state index in [1.807, 2.05) is 42.5 Å². The third kappa shape index (κ3) is 2.63. The Balaban J connectivity index is 2.25. The van der Waals surface area contributed by atoms with Gasteiger partial charge in [0, 0.05) is 11.8 Å². The van der Waals surface area contributed by atoms with Gasteiger partial charge in [-0.25, -0.2) is 4.31 Å². The van der Waals surface area contributed by atoms with Crippen LogP contribution in [-0.2, 0) is 9.59 Å². The number of hydrogen-bond donors (Lipinski definition) is 2. The predicted octanol–water partition coefficient (Wildman–Crippen LogP) is 3.76. The van der Waals surface area contributed by atoms with E-state index in [1.165, 1.54) is 0 Å². The van der Waals surface area contributed by atoms with Gasteiger partial charge in [-0.2, -0.15) is 12.6 Å². The highest BCUT2D eigenvalue weighted by Gasteiger charge is 2.65. The van der Waals surface area contributed by atoms with E-state index in [2.05, 4.69) is 12.6 Å². The molecule has 0 aromatic carbocycles. The number of carbonyl (C=O) groups is 2. The Bertz CT molecular complexity index is 662. The van der Waals surface area contributed by atoms with Gasteiger partial charge in [-0.1, -0.05) is 49.3 Å². The number of ketones is 2. The highest BCUT2D eigenvalue weighted by molar-refractivity contribution is 7.81. The van der Waals surface area contributed by atoms with Crippen LogP contribution in [-0.4, -0.2) is 33.2 Å². The summed E-state index contributed by atoms with van der Waals surface area (Å²) in [6, 6.07) is 0. The molecule has 134 valence electrons. The first kappa shape index (κ1) is 18.7. The van der Waals surface area contributed by atoms with Gasteiger partial charge < -0.3 is 0 Å². The molecule has 1 saturated heterocycles. The van der Waals surface area contributed by atoms with Crippen LogP contribution < -0.4 is 0 Å². The third-order valence-electron chi connectivity index (χ3n) is 6.27. The fourth-order valence-corrected chi connectivity index (χ4v) is 5.56. The molecule has 1 heterocycles. The smallest absolute Gasteiger partial charge is 0.167 e. The van der Waals surface area contributed by atoms with Crippen molar-refractivity contribution in [2.75, 3.05) is 6.54 Å². The van der Waals surface area contributed by atoms with E-state index < -0.39 is 16.4 Å². The summed E-state index contributed by atoms with van der Waals surface area (Å²) in [5.74, 6) is 0.0345. The van der Waals surface area contributed by atoms with Gasteiger partial charge in [-0.15, -0.1) is 0 Å². The lowest BCUT2D eigenvalue weighted by Crippen LogP contribution is -2.68. The normalized spacial score (nSPS) is 42.0. The van der Waals surface area contributed by atoms with E-state index >= 15 is 0 Å². The lowest BCUT2D eigenvalue weighted by molar-refractivity contribution is -0.140. The molecular formula is C20H25NO2S2. The topological polar surface area (TPSA) is 37.4 Å². The molecule has 0 aromatic heterocycles. The molecule has 3 aliphatic rings. The minimum atomic E-state index is -0.846. The maximum atomic E-state index is 13.1. The van der Waals surface area contributed by atoms with Gasteiger partial charge in [-0.05, 0) is 45.3 Å². The van der Waals surface area contributed by atoms with Crippen LogP contribution in [0, 0.1) is 10.8 Å². The molecule has 0 bridgehead atoms. The maximum absolute atomic E-state index is 13.1. The molecule has 3 atom stereocenters. The first-order chi connectivity index (χ1) is 11.8. The van der Waals surface area contributed by atoms with E-state index in [-0.39, 0.29) is 16.8 Å². The molecule has 2 aliphatic carbocycles. The molecule has 5 heteroatoms. The van der Waals surface area contributed by atoms with Gasteiger partial charge in [0.15, 0.2) is 11.6 Å². The van der Waals surface area contributed by atoms with Crippen LogP contribution in [0.4, 0.5) is 0 Å². The Kier molecular flexibility index (Phi) is 4.95. The van der Waals surface area contributed by atoms with E-state index in [4.69, 9.17) is 12.8 Å². The molecule has 3 rings (SSSR count). The number of hydrogen-bond acceptors (Lipinski definition) is 5. The largest absolute Gasteiger partial charge is 0.294 e. The maximum Gasteiger partial charge on any atom is 0.167 e. The van der Waals surface area contributed by atoms with Crippen LogP contribution in [0.3, 0.4) is 0 Å². The van der Waals surface area contributed by atoms with Crippen molar-refractivity contribution < 1.29 is 9.59 Å². The second kappa shape index (κ2) is 6.60. The summed E-state index contributed by atoms with van der Waals surface area (Å²) in [7, 11) is 0. The van der Waals surface area contributed by atoms with E-state index in [0.29, 0.717) is 13.0 Å². The summed E-state index contributed by atoms with van der Waals surface area (Å²) in [4.78, 5) is 26.2. The molecule has 3 unspecified atom stereocenters.